The topological polar surface area (TPSA) is 61.9 Å². The molecule has 0 bridgehead atoms. The van der Waals surface area contributed by atoms with Crippen LogP contribution in [0.4, 0.5) is 0 Å². The number of rotatable bonds is 8. The predicted molar refractivity (Wildman–Crippen MR) is 94.9 cm³/mol. The van der Waals surface area contributed by atoms with Crippen molar-refractivity contribution in [1.82, 2.24) is 15.1 Å². The molecule has 7 heteroatoms. The molecule has 1 N–H and O–H groups in total. The molecule has 0 saturated carbocycles. The fourth-order valence-corrected chi connectivity index (χ4v) is 3.66. The van der Waals surface area contributed by atoms with E-state index in [9.17, 15) is 9.59 Å². The van der Waals surface area contributed by atoms with Gasteiger partial charge in [-0.1, -0.05) is 6.07 Å². The van der Waals surface area contributed by atoms with Gasteiger partial charge in [0.15, 0.2) is 0 Å². The monoisotopic (exact) mass is 353 g/mol. The van der Waals surface area contributed by atoms with Gasteiger partial charge in [-0.05, 0) is 25.3 Å². The van der Waals surface area contributed by atoms with Crippen LogP contribution in [0.3, 0.4) is 0 Å². The number of nitrogens with one attached hydrogen (secondary N) is 1. The summed E-state index contributed by atoms with van der Waals surface area (Å²) < 4.78 is 5.13. The number of ether oxygens (including phenoxy) is 1. The summed E-state index contributed by atoms with van der Waals surface area (Å²) in [5.74, 6) is -0.0562. The molecule has 134 valence electrons. The highest BCUT2D eigenvalue weighted by molar-refractivity contribution is 7.09. The molecule has 1 atom stereocenters. The third kappa shape index (κ3) is 5.03. The van der Waals surface area contributed by atoms with Crippen LogP contribution in [-0.2, 0) is 20.9 Å². The fourth-order valence-electron chi connectivity index (χ4n) is 2.94. The zero-order valence-corrected chi connectivity index (χ0v) is 15.5. The lowest BCUT2D eigenvalue weighted by atomic mass is 10.1. The first-order valence-electron chi connectivity index (χ1n) is 8.35. The van der Waals surface area contributed by atoms with Gasteiger partial charge in [-0.3, -0.25) is 14.5 Å². The van der Waals surface area contributed by atoms with E-state index < -0.39 is 0 Å². The highest BCUT2D eigenvalue weighted by Crippen LogP contribution is 2.17. The lowest BCUT2D eigenvalue weighted by molar-refractivity contribution is -0.140. The average Bonchev–Trinajstić information content (AvgIpc) is 3.06. The molecule has 1 aromatic heterocycles. The Bertz CT molecular complexity index is 533. The maximum Gasteiger partial charge on any atom is 0.237 e. The van der Waals surface area contributed by atoms with Crippen molar-refractivity contribution in [3.05, 3.63) is 22.4 Å². The average molecular weight is 353 g/mol. The first-order valence-corrected chi connectivity index (χ1v) is 9.23. The molecule has 0 aliphatic carbocycles. The third-order valence-corrected chi connectivity index (χ3v) is 5.11. The Hall–Kier alpha value is -1.44. The maximum atomic E-state index is 12.8. The molecular formula is C17H27N3O3S. The van der Waals surface area contributed by atoms with Gasteiger partial charge < -0.3 is 15.0 Å². The van der Waals surface area contributed by atoms with Crippen LogP contribution in [0.25, 0.3) is 0 Å². The molecule has 0 unspecified atom stereocenters. The van der Waals surface area contributed by atoms with Crippen LogP contribution < -0.4 is 5.32 Å². The summed E-state index contributed by atoms with van der Waals surface area (Å²) in [5, 5.41) is 4.88. The van der Waals surface area contributed by atoms with E-state index in [1.807, 2.05) is 17.5 Å². The first kappa shape index (κ1) is 18.9. The minimum Gasteiger partial charge on any atom is -0.383 e. The van der Waals surface area contributed by atoms with Crippen molar-refractivity contribution < 1.29 is 14.3 Å². The third-order valence-electron chi connectivity index (χ3n) is 4.25. The number of amides is 2. The van der Waals surface area contributed by atoms with Crippen LogP contribution in [0.1, 0.15) is 25.1 Å². The molecule has 1 fully saturated rings. The summed E-state index contributed by atoms with van der Waals surface area (Å²) in [6.45, 7) is 7.13. The SMILES string of the molecule is COCCN(Cc1cccs1)C(=O)C[C@H]1C(=O)NCCN1C(C)C. The molecule has 2 rings (SSSR count). The molecule has 1 aromatic rings. The second kappa shape index (κ2) is 9.15. The van der Waals surface area contributed by atoms with Crippen LogP contribution in [0.5, 0.6) is 0 Å². The summed E-state index contributed by atoms with van der Waals surface area (Å²) in [7, 11) is 1.63. The number of carbonyl (C=O) groups is 2. The summed E-state index contributed by atoms with van der Waals surface area (Å²) in [6, 6.07) is 3.85. The quantitative estimate of drug-likeness (QED) is 0.766. The van der Waals surface area contributed by atoms with Gasteiger partial charge in [0.05, 0.1) is 25.6 Å². The molecule has 6 nitrogen and oxygen atoms in total. The van der Waals surface area contributed by atoms with Crippen molar-refractivity contribution in [3.8, 4) is 0 Å². The second-order valence-corrected chi connectivity index (χ2v) is 7.26. The Balaban J connectivity index is 2.05. The molecule has 2 amide bonds. The smallest absolute Gasteiger partial charge is 0.237 e. The number of hydrogen-bond acceptors (Lipinski definition) is 5. The van der Waals surface area contributed by atoms with Crippen molar-refractivity contribution in [2.75, 3.05) is 33.4 Å². The van der Waals surface area contributed by atoms with Gasteiger partial charge in [-0.2, -0.15) is 0 Å². The molecule has 1 aliphatic heterocycles. The van der Waals surface area contributed by atoms with Crippen LogP contribution >= 0.6 is 11.3 Å². The van der Waals surface area contributed by atoms with Crippen molar-refractivity contribution in [3.63, 3.8) is 0 Å². The summed E-state index contributed by atoms with van der Waals surface area (Å²) in [5.41, 5.74) is 0. The van der Waals surface area contributed by atoms with E-state index in [0.29, 0.717) is 26.2 Å². The molecule has 0 spiro atoms. The highest BCUT2D eigenvalue weighted by Gasteiger charge is 2.34. The largest absolute Gasteiger partial charge is 0.383 e. The van der Waals surface area contributed by atoms with Crippen molar-refractivity contribution in [2.45, 2.75) is 38.9 Å². The van der Waals surface area contributed by atoms with Gasteiger partial charge in [-0.15, -0.1) is 11.3 Å². The maximum absolute atomic E-state index is 12.8. The van der Waals surface area contributed by atoms with E-state index in [4.69, 9.17) is 4.74 Å². The number of thiophene rings is 1. The Labute approximate surface area is 147 Å². The van der Waals surface area contributed by atoms with Crippen LogP contribution in [0, 0.1) is 0 Å². The van der Waals surface area contributed by atoms with Crippen LogP contribution in [0.15, 0.2) is 17.5 Å². The molecule has 1 aliphatic rings. The number of carbonyl (C=O) groups excluding carboxylic acids is 2. The summed E-state index contributed by atoms with van der Waals surface area (Å²) in [6.07, 6.45) is 0.207. The minimum absolute atomic E-state index is 0.00634. The van der Waals surface area contributed by atoms with Gasteiger partial charge in [0.2, 0.25) is 11.8 Å². The normalized spacial score (nSPS) is 18.7. The van der Waals surface area contributed by atoms with E-state index in [1.54, 1.807) is 23.3 Å². The summed E-state index contributed by atoms with van der Waals surface area (Å²) in [4.78, 5) is 30.1. The Morgan fingerprint density at radius 1 is 1.54 bits per heavy atom. The van der Waals surface area contributed by atoms with Crippen molar-refractivity contribution in [1.29, 1.82) is 0 Å². The van der Waals surface area contributed by atoms with E-state index >= 15 is 0 Å². The lowest BCUT2D eigenvalue weighted by Crippen LogP contribution is -2.58. The molecule has 24 heavy (non-hydrogen) atoms. The van der Waals surface area contributed by atoms with E-state index in [-0.39, 0.29) is 30.3 Å². The van der Waals surface area contributed by atoms with Gasteiger partial charge in [0, 0.05) is 37.7 Å². The van der Waals surface area contributed by atoms with Crippen LogP contribution in [-0.4, -0.2) is 67.0 Å². The van der Waals surface area contributed by atoms with Gasteiger partial charge in [-0.25, -0.2) is 0 Å². The Morgan fingerprint density at radius 2 is 2.33 bits per heavy atom. The minimum atomic E-state index is -0.389. The standard InChI is InChI=1S/C17H27N3O3S/c1-13(2)20-7-6-18-17(22)15(20)11-16(21)19(8-9-23-3)12-14-5-4-10-24-14/h4-5,10,13,15H,6-9,11-12H2,1-3H3,(H,18,22)/t15-/m0/s1. The van der Waals surface area contributed by atoms with E-state index in [2.05, 4.69) is 24.1 Å². The van der Waals surface area contributed by atoms with E-state index in [1.165, 1.54) is 0 Å². The zero-order valence-electron chi connectivity index (χ0n) is 14.7. The number of methoxy groups -OCH3 is 1. The number of piperazine rings is 1. The molecule has 2 heterocycles. The number of nitrogens with zero attached hydrogens (tertiary/aromatic N) is 2. The number of hydrogen-bond donors (Lipinski definition) is 1. The molecule has 0 aromatic carbocycles. The van der Waals surface area contributed by atoms with Crippen molar-refractivity contribution >= 4 is 23.2 Å². The van der Waals surface area contributed by atoms with Gasteiger partial charge in [0.1, 0.15) is 0 Å². The second-order valence-electron chi connectivity index (χ2n) is 6.23. The molecular weight excluding hydrogens is 326 g/mol. The predicted octanol–water partition coefficient (Wildman–Crippen LogP) is 1.32. The van der Waals surface area contributed by atoms with Gasteiger partial charge >= 0.3 is 0 Å². The Kier molecular flexibility index (Phi) is 7.20. The zero-order chi connectivity index (χ0) is 17.5. The Morgan fingerprint density at radius 3 is 2.96 bits per heavy atom. The first-order chi connectivity index (χ1) is 11.5. The lowest BCUT2D eigenvalue weighted by Gasteiger charge is -2.38. The van der Waals surface area contributed by atoms with Gasteiger partial charge in [0.25, 0.3) is 0 Å². The van der Waals surface area contributed by atoms with E-state index in [0.717, 1.165) is 11.4 Å². The highest BCUT2D eigenvalue weighted by atomic mass is 32.1. The summed E-state index contributed by atoms with van der Waals surface area (Å²) >= 11 is 1.63. The fraction of sp³-hybridized carbons (Fsp3) is 0.647. The molecule has 0 radical (unpaired) electrons. The molecule has 1 saturated heterocycles. The van der Waals surface area contributed by atoms with Crippen molar-refractivity contribution in [2.24, 2.45) is 0 Å². The van der Waals surface area contributed by atoms with Crippen LogP contribution in [0.2, 0.25) is 0 Å².